The van der Waals surface area contributed by atoms with Gasteiger partial charge in [0.2, 0.25) is 0 Å². The Morgan fingerprint density at radius 1 is 1.38 bits per heavy atom. The van der Waals surface area contributed by atoms with Crippen LogP contribution in [0.15, 0.2) is 0 Å². The van der Waals surface area contributed by atoms with Crippen LogP contribution < -0.4 is 5.32 Å². The Bertz CT molecular complexity index is 491. The third-order valence-electron chi connectivity index (χ3n) is 3.61. The minimum atomic E-state index is -3.16. The van der Waals surface area contributed by atoms with Crippen molar-refractivity contribution in [3.8, 4) is 0 Å². The standard InChI is InChI=1S/C13H24N2O5S/c1-4-21(19,20)8-10(3)14-13(18)15-6-9(2)5-11(7-15)12(16)17/h9-11H,4-8H2,1-3H3,(H,14,18)(H,16,17). The van der Waals surface area contributed by atoms with Crippen molar-refractivity contribution < 1.29 is 23.1 Å². The van der Waals surface area contributed by atoms with Gasteiger partial charge in [0.25, 0.3) is 0 Å². The molecule has 122 valence electrons. The van der Waals surface area contributed by atoms with Crippen molar-refractivity contribution in [2.45, 2.75) is 33.2 Å². The Morgan fingerprint density at radius 3 is 2.52 bits per heavy atom. The van der Waals surface area contributed by atoms with Crippen LogP contribution in [-0.2, 0) is 14.6 Å². The number of aliphatic carboxylic acids is 1. The van der Waals surface area contributed by atoms with Gasteiger partial charge in [-0.1, -0.05) is 13.8 Å². The number of hydrogen-bond acceptors (Lipinski definition) is 4. The predicted octanol–water partition coefficient (Wildman–Crippen LogP) is 0.562. The first-order valence-corrected chi connectivity index (χ1v) is 8.95. The van der Waals surface area contributed by atoms with E-state index in [1.54, 1.807) is 13.8 Å². The van der Waals surface area contributed by atoms with E-state index in [2.05, 4.69) is 5.32 Å². The number of carbonyl (C=O) groups is 2. The summed E-state index contributed by atoms with van der Waals surface area (Å²) in [6, 6.07) is -0.894. The van der Waals surface area contributed by atoms with Crippen molar-refractivity contribution in [3.05, 3.63) is 0 Å². The molecule has 1 saturated heterocycles. The summed E-state index contributed by atoms with van der Waals surface area (Å²) in [5.41, 5.74) is 0. The minimum absolute atomic E-state index is 0.0368. The zero-order valence-corrected chi connectivity index (χ0v) is 13.5. The fourth-order valence-electron chi connectivity index (χ4n) is 2.54. The molecule has 0 bridgehead atoms. The van der Waals surface area contributed by atoms with Gasteiger partial charge in [-0.15, -0.1) is 0 Å². The Balaban J connectivity index is 2.60. The van der Waals surface area contributed by atoms with Gasteiger partial charge in [0.1, 0.15) is 0 Å². The second-order valence-corrected chi connectivity index (χ2v) is 8.23. The van der Waals surface area contributed by atoms with Gasteiger partial charge >= 0.3 is 12.0 Å². The SMILES string of the molecule is CCS(=O)(=O)CC(C)NC(=O)N1CC(C)CC(C(=O)O)C1. The summed E-state index contributed by atoms with van der Waals surface area (Å²) in [7, 11) is -3.16. The van der Waals surface area contributed by atoms with Crippen molar-refractivity contribution in [2.75, 3.05) is 24.6 Å². The monoisotopic (exact) mass is 320 g/mol. The van der Waals surface area contributed by atoms with Crippen LogP contribution in [0.1, 0.15) is 27.2 Å². The first kappa shape index (κ1) is 17.7. The van der Waals surface area contributed by atoms with E-state index in [0.29, 0.717) is 13.0 Å². The summed E-state index contributed by atoms with van der Waals surface area (Å²) in [4.78, 5) is 24.7. The van der Waals surface area contributed by atoms with Crippen LogP contribution in [0.5, 0.6) is 0 Å². The van der Waals surface area contributed by atoms with Crippen molar-refractivity contribution in [3.63, 3.8) is 0 Å². The minimum Gasteiger partial charge on any atom is -0.481 e. The maximum absolute atomic E-state index is 12.1. The highest BCUT2D eigenvalue weighted by atomic mass is 32.2. The van der Waals surface area contributed by atoms with Crippen LogP contribution in [0.2, 0.25) is 0 Å². The first-order chi connectivity index (χ1) is 9.64. The Kier molecular flexibility index (Phi) is 6.00. The molecule has 1 aliphatic heterocycles. The van der Waals surface area contributed by atoms with E-state index in [-0.39, 0.29) is 24.0 Å². The molecule has 3 unspecified atom stereocenters. The quantitative estimate of drug-likeness (QED) is 0.770. The molecule has 1 fully saturated rings. The molecule has 2 N–H and O–H groups in total. The number of carbonyl (C=O) groups excluding carboxylic acids is 1. The average Bonchev–Trinajstić information content (AvgIpc) is 2.37. The topological polar surface area (TPSA) is 104 Å². The molecule has 1 rings (SSSR count). The molecule has 1 aliphatic rings. The summed E-state index contributed by atoms with van der Waals surface area (Å²) in [6.45, 7) is 5.75. The maximum atomic E-state index is 12.1. The number of sulfone groups is 1. The summed E-state index contributed by atoms with van der Waals surface area (Å²) >= 11 is 0. The van der Waals surface area contributed by atoms with Crippen LogP contribution >= 0.6 is 0 Å². The third kappa shape index (κ3) is 5.53. The van der Waals surface area contributed by atoms with Gasteiger partial charge in [0, 0.05) is 24.9 Å². The van der Waals surface area contributed by atoms with E-state index in [9.17, 15) is 18.0 Å². The maximum Gasteiger partial charge on any atom is 0.317 e. The molecular weight excluding hydrogens is 296 g/mol. The third-order valence-corrected chi connectivity index (χ3v) is 5.50. The molecule has 1 heterocycles. The van der Waals surface area contributed by atoms with Gasteiger partial charge in [-0.25, -0.2) is 13.2 Å². The van der Waals surface area contributed by atoms with Crippen molar-refractivity contribution >= 4 is 21.8 Å². The number of urea groups is 1. The molecule has 0 aromatic carbocycles. The average molecular weight is 320 g/mol. The molecule has 2 amide bonds. The van der Waals surface area contributed by atoms with Crippen LogP contribution in [0, 0.1) is 11.8 Å². The molecule has 0 spiro atoms. The lowest BCUT2D eigenvalue weighted by molar-refractivity contribution is -0.143. The number of carboxylic acid groups (broad SMARTS) is 1. The normalized spacial score (nSPS) is 24.4. The van der Waals surface area contributed by atoms with Gasteiger partial charge in [0.15, 0.2) is 9.84 Å². The van der Waals surface area contributed by atoms with E-state index < -0.39 is 33.8 Å². The smallest absolute Gasteiger partial charge is 0.317 e. The number of piperidine rings is 1. The number of rotatable bonds is 5. The lowest BCUT2D eigenvalue weighted by Gasteiger charge is -2.35. The van der Waals surface area contributed by atoms with Gasteiger partial charge in [-0.2, -0.15) is 0 Å². The number of hydrogen-bond donors (Lipinski definition) is 2. The fraction of sp³-hybridized carbons (Fsp3) is 0.846. The molecule has 7 nitrogen and oxygen atoms in total. The highest BCUT2D eigenvalue weighted by molar-refractivity contribution is 7.91. The molecule has 21 heavy (non-hydrogen) atoms. The molecule has 0 aromatic heterocycles. The number of nitrogens with zero attached hydrogens (tertiary/aromatic N) is 1. The molecule has 8 heteroatoms. The summed E-state index contributed by atoms with van der Waals surface area (Å²) in [5.74, 6) is -1.42. The summed E-state index contributed by atoms with van der Waals surface area (Å²) in [6.07, 6.45) is 0.554. The Morgan fingerprint density at radius 2 is 2.00 bits per heavy atom. The van der Waals surface area contributed by atoms with E-state index in [1.165, 1.54) is 4.90 Å². The van der Waals surface area contributed by atoms with Crippen LogP contribution in [0.25, 0.3) is 0 Å². The number of carboxylic acids is 1. The highest BCUT2D eigenvalue weighted by Crippen LogP contribution is 2.21. The lowest BCUT2D eigenvalue weighted by Crippen LogP contribution is -2.52. The Hall–Kier alpha value is -1.31. The van der Waals surface area contributed by atoms with Crippen molar-refractivity contribution in [1.82, 2.24) is 10.2 Å². The number of likely N-dealkylation sites (tertiary alicyclic amines) is 1. The van der Waals surface area contributed by atoms with Crippen LogP contribution in [0.3, 0.4) is 0 Å². The Labute approximate surface area is 125 Å². The second kappa shape index (κ2) is 7.11. The van der Waals surface area contributed by atoms with Gasteiger partial charge in [-0.3, -0.25) is 4.79 Å². The number of amides is 2. The molecular formula is C13H24N2O5S. The molecule has 0 radical (unpaired) electrons. The van der Waals surface area contributed by atoms with E-state index in [1.807, 2.05) is 6.92 Å². The molecule has 0 saturated carbocycles. The molecule has 0 aliphatic carbocycles. The predicted molar refractivity (Wildman–Crippen MR) is 78.8 cm³/mol. The first-order valence-electron chi connectivity index (χ1n) is 7.13. The lowest BCUT2D eigenvalue weighted by atomic mass is 9.91. The highest BCUT2D eigenvalue weighted by Gasteiger charge is 2.32. The van der Waals surface area contributed by atoms with Crippen LogP contribution in [-0.4, -0.2) is 61.1 Å². The number of nitrogens with one attached hydrogen (secondary N) is 1. The van der Waals surface area contributed by atoms with Crippen molar-refractivity contribution in [1.29, 1.82) is 0 Å². The van der Waals surface area contributed by atoms with E-state index in [0.717, 1.165) is 0 Å². The zero-order valence-electron chi connectivity index (χ0n) is 12.7. The summed E-state index contributed by atoms with van der Waals surface area (Å²) in [5, 5.41) is 11.7. The van der Waals surface area contributed by atoms with Gasteiger partial charge < -0.3 is 15.3 Å². The van der Waals surface area contributed by atoms with Gasteiger partial charge in [-0.05, 0) is 19.3 Å². The summed E-state index contributed by atoms with van der Waals surface area (Å²) < 4.78 is 23.0. The van der Waals surface area contributed by atoms with Gasteiger partial charge in [0.05, 0.1) is 11.7 Å². The molecule has 3 atom stereocenters. The zero-order chi connectivity index (χ0) is 16.2. The van der Waals surface area contributed by atoms with Crippen LogP contribution in [0.4, 0.5) is 4.79 Å². The second-order valence-electron chi connectivity index (χ2n) is 5.83. The van der Waals surface area contributed by atoms with E-state index >= 15 is 0 Å². The molecule has 0 aromatic rings. The van der Waals surface area contributed by atoms with Crippen molar-refractivity contribution in [2.24, 2.45) is 11.8 Å². The van der Waals surface area contributed by atoms with E-state index in [4.69, 9.17) is 5.11 Å². The fourth-order valence-corrected chi connectivity index (χ4v) is 3.62. The largest absolute Gasteiger partial charge is 0.481 e.